The highest BCUT2D eigenvalue weighted by Gasteiger charge is 2.37. The number of nitrogens with zero attached hydrogens (tertiary/aromatic N) is 1. The molecule has 1 rings (SSSR count). The van der Waals surface area contributed by atoms with Gasteiger partial charge in [-0.25, -0.2) is 4.98 Å². The fraction of sp³-hybridized carbons (Fsp3) is 0.286. The van der Waals surface area contributed by atoms with Gasteiger partial charge in [0.2, 0.25) is 5.75 Å². The molecule has 10 heteroatoms. The van der Waals surface area contributed by atoms with Crippen molar-refractivity contribution >= 4 is 5.82 Å². The van der Waals surface area contributed by atoms with Crippen molar-refractivity contribution in [2.75, 3.05) is 7.11 Å². The summed E-state index contributed by atoms with van der Waals surface area (Å²) < 4.78 is 43.6. The first kappa shape index (κ1) is 12.8. The Hall–Kier alpha value is -2.26. The molecule has 0 aliphatic heterocycles. The van der Waals surface area contributed by atoms with E-state index in [-0.39, 0.29) is 0 Å². The lowest BCUT2D eigenvalue weighted by molar-refractivity contribution is -0.393. The number of rotatable bonds is 3. The van der Waals surface area contributed by atoms with Crippen LogP contribution in [0.4, 0.5) is 19.0 Å². The van der Waals surface area contributed by atoms with Crippen LogP contribution in [0.3, 0.4) is 0 Å². The van der Waals surface area contributed by atoms with Gasteiger partial charge in [0.25, 0.3) is 11.2 Å². The van der Waals surface area contributed by atoms with Crippen LogP contribution in [-0.4, -0.2) is 23.4 Å². The Morgan fingerprint density at radius 3 is 2.47 bits per heavy atom. The Kier molecular flexibility index (Phi) is 3.25. The van der Waals surface area contributed by atoms with E-state index in [2.05, 4.69) is 9.47 Å². The van der Waals surface area contributed by atoms with Gasteiger partial charge in [-0.1, -0.05) is 0 Å². The fourth-order valence-electron chi connectivity index (χ4n) is 0.982. The third-order valence-corrected chi connectivity index (χ3v) is 1.61. The third kappa shape index (κ3) is 2.86. The van der Waals surface area contributed by atoms with Crippen molar-refractivity contribution in [3.63, 3.8) is 0 Å². The molecule has 0 atom stereocenters. The van der Waals surface area contributed by atoms with Gasteiger partial charge in [0.05, 0.1) is 7.11 Å². The van der Waals surface area contributed by atoms with Crippen LogP contribution in [0.2, 0.25) is 0 Å². The molecule has 0 bridgehead atoms. The number of nitrogens with one attached hydrogen (secondary N) is 1. The smallest absolute Gasteiger partial charge is 0.490 e. The normalized spacial score (nSPS) is 11.1. The first-order chi connectivity index (χ1) is 7.76. The lowest BCUT2D eigenvalue weighted by Crippen LogP contribution is -2.23. The molecule has 0 radical (unpaired) electrons. The van der Waals surface area contributed by atoms with Crippen molar-refractivity contribution in [2.45, 2.75) is 6.36 Å². The van der Waals surface area contributed by atoms with Crippen LogP contribution in [0, 0.1) is 10.1 Å². The Balaban J connectivity index is 3.41. The van der Waals surface area contributed by atoms with Crippen LogP contribution in [0.25, 0.3) is 0 Å². The first-order valence-corrected chi connectivity index (χ1v) is 3.96. The monoisotopic (exact) mass is 254 g/mol. The van der Waals surface area contributed by atoms with E-state index in [0.29, 0.717) is 0 Å². The highest BCUT2D eigenvalue weighted by atomic mass is 19.4. The SMILES string of the molecule is COc1c[nH]c([N+](=O)[O-])c(OC(F)(F)F)c1=O. The average molecular weight is 254 g/mol. The second kappa shape index (κ2) is 4.31. The van der Waals surface area contributed by atoms with Crippen molar-refractivity contribution in [1.29, 1.82) is 0 Å². The minimum absolute atomic E-state index is 0.533. The van der Waals surface area contributed by atoms with Gasteiger partial charge in [0.1, 0.15) is 6.20 Å². The summed E-state index contributed by atoms with van der Waals surface area (Å²) in [6, 6.07) is 0. The van der Waals surface area contributed by atoms with Gasteiger partial charge in [-0.05, 0) is 4.92 Å². The molecule has 0 saturated carbocycles. The molecule has 94 valence electrons. The second-order valence-corrected chi connectivity index (χ2v) is 2.67. The molecule has 0 aliphatic rings. The minimum Gasteiger partial charge on any atom is -0.490 e. The standard InChI is InChI=1S/C7H5F3N2O5/c1-16-3-2-11-6(12(14)15)5(4(3)13)17-7(8,9)10/h2H,1H3,(H,11,13). The summed E-state index contributed by atoms with van der Waals surface area (Å²) in [5, 5.41) is 10.4. The molecule has 0 amide bonds. The van der Waals surface area contributed by atoms with Crippen LogP contribution in [0.5, 0.6) is 11.5 Å². The summed E-state index contributed by atoms with van der Waals surface area (Å²) in [7, 11) is 1.02. The molecule has 0 spiro atoms. The summed E-state index contributed by atoms with van der Waals surface area (Å²) in [6.45, 7) is 0. The molecule has 1 aromatic rings. The van der Waals surface area contributed by atoms with E-state index in [1.165, 1.54) is 0 Å². The van der Waals surface area contributed by atoms with Gasteiger partial charge in [0.15, 0.2) is 0 Å². The summed E-state index contributed by atoms with van der Waals surface area (Å²) in [4.78, 5) is 22.4. The largest absolute Gasteiger partial charge is 0.573 e. The van der Waals surface area contributed by atoms with E-state index >= 15 is 0 Å². The van der Waals surface area contributed by atoms with Crippen LogP contribution in [0.1, 0.15) is 0 Å². The van der Waals surface area contributed by atoms with E-state index in [0.717, 1.165) is 13.3 Å². The summed E-state index contributed by atoms with van der Waals surface area (Å²) in [5.74, 6) is -3.20. The number of halogens is 3. The van der Waals surface area contributed by atoms with Crippen LogP contribution >= 0.6 is 0 Å². The maximum Gasteiger partial charge on any atom is 0.573 e. The molecule has 1 N–H and O–H groups in total. The Morgan fingerprint density at radius 2 is 2.06 bits per heavy atom. The van der Waals surface area contributed by atoms with Gasteiger partial charge in [-0.15, -0.1) is 13.2 Å². The number of nitro groups is 1. The molecule has 0 saturated heterocycles. The van der Waals surface area contributed by atoms with Gasteiger partial charge in [0, 0.05) is 0 Å². The molecule has 0 unspecified atom stereocenters. The molecule has 17 heavy (non-hydrogen) atoms. The zero-order valence-corrected chi connectivity index (χ0v) is 8.20. The highest BCUT2D eigenvalue weighted by molar-refractivity contribution is 5.44. The second-order valence-electron chi connectivity index (χ2n) is 2.67. The number of hydrogen-bond donors (Lipinski definition) is 1. The molecule has 7 nitrogen and oxygen atoms in total. The summed E-state index contributed by atoms with van der Waals surface area (Å²) in [6.07, 6.45) is -4.45. The van der Waals surface area contributed by atoms with E-state index < -0.39 is 34.0 Å². The Bertz CT molecular complexity index is 495. The van der Waals surface area contributed by atoms with Gasteiger partial charge < -0.3 is 19.6 Å². The van der Waals surface area contributed by atoms with E-state index in [1.807, 2.05) is 4.98 Å². The lowest BCUT2D eigenvalue weighted by Gasteiger charge is -2.09. The maximum atomic E-state index is 12.0. The predicted octanol–water partition coefficient (Wildman–Crippen LogP) is 1.19. The number of pyridine rings is 1. The van der Waals surface area contributed by atoms with Crippen molar-refractivity contribution in [3.05, 3.63) is 26.5 Å². The third-order valence-electron chi connectivity index (χ3n) is 1.61. The minimum atomic E-state index is -5.22. The molecule has 0 fully saturated rings. The predicted molar refractivity (Wildman–Crippen MR) is 47.0 cm³/mol. The van der Waals surface area contributed by atoms with Gasteiger partial charge in [-0.2, -0.15) is 0 Å². The maximum absolute atomic E-state index is 12.0. The van der Waals surface area contributed by atoms with Gasteiger partial charge >= 0.3 is 12.2 Å². The molecule has 0 aromatic carbocycles. The molecular weight excluding hydrogens is 249 g/mol. The number of methoxy groups -OCH3 is 1. The Labute approximate surface area is 90.9 Å². The van der Waals surface area contributed by atoms with Crippen molar-refractivity contribution in [1.82, 2.24) is 4.98 Å². The zero-order chi connectivity index (χ0) is 13.2. The molecular formula is C7H5F3N2O5. The number of aromatic nitrogens is 1. The lowest BCUT2D eigenvalue weighted by atomic mass is 10.4. The number of hydrogen-bond acceptors (Lipinski definition) is 5. The highest BCUT2D eigenvalue weighted by Crippen LogP contribution is 2.28. The van der Waals surface area contributed by atoms with E-state index in [1.54, 1.807) is 0 Å². The molecule has 0 aliphatic carbocycles. The zero-order valence-electron chi connectivity index (χ0n) is 8.20. The van der Waals surface area contributed by atoms with Gasteiger partial charge in [-0.3, -0.25) is 4.79 Å². The number of ether oxygens (including phenoxy) is 2. The molecule has 1 heterocycles. The fourth-order valence-corrected chi connectivity index (χ4v) is 0.982. The number of aromatic amines is 1. The quantitative estimate of drug-likeness (QED) is 0.645. The molecule has 1 aromatic heterocycles. The van der Waals surface area contributed by atoms with Crippen molar-refractivity contribution in [2.24, 2.45) is 0 Å². The number of alkyl halides is 3. The summed E-state index contributed by atoms with van der Waals surface area (Å²) in [5.41, 5.74) is -1.37. The van der Waals surface area contributed by atoms with E-state index in [9.17, 15) is 28.1 Å². The van der Waals surface area contributed by atoms with Crippen LogP contribution < -0.4 is 14.9 Å². The Morgan fingerprint density at radius 1 is 1.47 bits per heavy atom. The summed E-state index contributed by atoms with van der Waals surface area (Å²) >= 11 is 0. The van der Waals surface area contributed by atoms with Crippen molar-refractivity contribution in [3.8, 4) is 11.5 Å². The van der Waals surface area contributed by atoms with Crippen LogP contribution in [0.15, 0.2) is 11.0 Å². The topological polar surface area (TPSA) is 94.5 Å². The van der Waals surface area contributed by atoms with Crippen molar-refractivity contribution < 1.29 is 27.6 Å². The van der Waals surface area contributed by atoms with Crippen LogP contribution in [-0.2, 0) is 0 Å². The average Bonchev–Trinajstić information content (AvgIpc) is 2.18. The van der Waals surface area contributed by atoms with E-state index in [4.69, 9.17) is 0 Å². The first-order valence-electron chi connectivity index (χ1n) is 3.96. The number of H-pyrrole nitrogens is 1.